The third kappa shape index (κ3) is 3.21. The Bertz CT molecular complexity index is 594. The summed E-state index contributed by atoms with van der Waals surface area (Å²) in [5, 5.41) is 16.3. The second-order valence-electron chi connectivity index (χ2n) is 4.12. The van der Waals surface area contributed by atoms with E-state index in [2.05, 4.69) is 15.4 Å². The molecule has 1 aromatic heterocycles. The van der Waals surface area contributed by atoms with Crippen molar-refractivity contribution in [1.29, 1.82) is 0 Å². The average molecular weight is 261 g/mol. The van der Waals surface area contributed by atoms with E-state index < -0.39 is 5.97 Å². The lowest BCUT2D eigenvalue weighted by molar-refractivity contribution is 0.0698. The summed E-state index contributed by atoms with van der Waals surface area (Å²) in [6.45, 7) is 0.535. The number of aryl methyl sites for hydroxylation is 1. The van der Waals surface area contributed by atoms with Crippen molar-refractivity contribution in [1.82, 2.24) is 14.8 Å². The molecule has 0 aliphatic rings. The van der Waals surface area contributed by atoms with Crippen LogP contribution in [-0.4, -0.2) is 32.4 Å². The number of nitrogen functional groups attached to an aromatic ring is 1. The lowest BCUT2D eigenvalue weighted by Crippen LogP contribution is -2.10. The number of benzene rings is 1. The van der Waals surface area contributed by atoms with Crippen molar-refractivity contribution in [2.24, 2.45) is 7.05 Å². The molecule has 0 aliphatic carbocycles. The number of aromatic carboxylic acids is 1. The van der Waals surface area contributed by atoms with E-state index in [1.807, 2.05) is 0 Å². The van der Waals surface area contributed by atoms with Crippen LogP contribution in [-0.2, 0) is 13.5 Å². The fourth-order valence-electron chi connectivity index (χ4n) is 1.70. The Hall–Kier alpha value is -2.57. The molecule has 7 nitrogen and oxygen atoms in total. The lowest BCUT2D eigenvalue weighted by atomic mass is 10.1. The smallest absolute Gasteiger partial charge is 0.337 e. The normalized spacial score (nSPS) is 10.4. The molecule has 0 fully saturated rings. The van der Waals surface area contributed by atoms with E-state index in [4.69, 9.17) is 10.8 Å². The molecular weight excluding hydrogens is 246 g/mol. The van der Waals surface area contributed by atoms with Crippen molar-refractivity contribution in [3.05, 3.63) is 35.9 Å². The van der Waals surface area contributed by atoms with Gasteiger partial charge in [0.05, 0.1) is 11.3 Å². The van der Waals surface area contributed by atoms with E-state index in [0.717, 1.165) is 0 Å². The third-order valence-corrected chi connectivity index (χ3v) is 2.59. The zero-order valence-corrected chi connectivity index (χ0v) is 10.5. The highest BCUT2D eigenvalue weighted by molar-refractivity contribution is 5.95. The van der Waals surface area contributed by atoms with Gasteiger partial charge in [-0.25, -0.2) is 9.78 Å². The average Bonchev–Trinajstić information content (AvgIpc) is 2.75. The Balaban J connectivity index is 2.02. The quantitative estimate of drug-likeness (QED) is 0.686. The molecule has 1 heterocycles. The molecule has 0 amide bonds. The van der Waals surface area contributed by atoms with Gasteiger partial charge in [0.25, 0.3) is 0 Å². The van der Waals surface area contributed by atoms with Crippen LogP contribution < -0.4 is 11.1 Å². The highest BCUT2D eigenvalue weighted by Crippen LogP contribution is 2.19. The minimum atomic E-state index is -0.988. The number of carboxylic acid groups (broad SMARTS) is 1. The molecule has 19 heavy (non-hydrogen) atoms. The fraction of sp³-hybridized carbons (Fsp3) is 0.250. The van der Waals surface area contributed by atoms with E-state index in [9.17, 15) is 4.79 Å². The van der Waals surface area contributed by atoms with Crippen LogP contribution in [0.15, 0.2) is 24.5 Å². The second kappa shape index (κ2) is 5.38. The maximum Gasteiger partial charge on any atom is 0.337 e. The summed E-state index contributed by atoms with van der Waals surface area (Å²) >= 11 is 0. The van der Waals surface area contributed by atoms with E-state index in [1.54, 1.807) is 30.2 Å². The predicted octanol–water partition coefficient (Wildman–Crippen LogP) is 0.750. The standard InChI is InChI=1S/C12H15N5O2/c1-17-7-15-11(16-17)4-5-14-10-6-8(13)2-3-9(10)12(18)19/h2-3,6-7,14H,4-5,13H2,1H3,(H,18,19). The molecule has 0 atom stereocenters. The number of anilines is 2. The Morgan fingerprint density at radius 2 is 2.32 bits per heavy atom. The molecule has 0 saturated carbocycles. The largest absolute Gasteiger partial charge is 0.478 e. The van der Waals surface area contributed by atoms with Crippen LogP contribution in [0, 0.1) is 0 Å². The molecule has 1 aromatic carbocycles. The van der Waals surface area contributed by atoms with E-state index in [1.165, 1.54) is 6.07 Å². The van der Waals surface area contributed by atoms with Crippen LogP contribution in [0.25, 0.3) is 0 Å². The molecule has 0 unspecified atom stereocenters. The summed E-state index contributed by atoms with van der Waals surface area (Å²) in [6.07, 6.45) is 2.23. The zero-order valence-electron chi connectivity index (χ0n) is 10.5. The number of hydrogen-bond donors (Lipinski definition) is 3. The monoisotopic (exact) mass is 261 g/mol. The Labute approximate surface area is 110 Å². The number of carboxylic acids is 1. The number of aromatic nitrogens is 3. The minimum Gasteiger partial charge on any atom is -0.478 e. The van der Waals surface area contributed by atoms with Crippen LogP contribution in [0.4, 0.5) is 11.4 Å². The Kier molecular flexibility index (Phi) is 3.65. The molecule has 100 valence electrons. The van der Waals surface area contributed by atoms with Gasteiger partial charge >= 0.3 is 5.97 Å². The van der Waals surface area contributed by atoms with Gasteiger partial charge < -0.3 is 16.2 Å². The van der Waals surface area contributed by atoms with E-state index >= 15 is 0 Å². The highest BCUT2D eigenvalue weighted by Gasteiger charge is 2.10. The number of nitrogens with zero attached hydrogens (tertiary/aromatic N) is 3. The molecule has 0 saturated heterocycles. The summed E-state index contributed by atoms with van der Waals surface area (Å²) in [5.74, 6) is -0.283. The molecule has 4 N–H and O–H groups in total. The SMILES string of the molecule is Cn1cnc(CCNc2cc(N)ccc2C(=O)O)n1. The van der Waals surface area contributed by atoms with Crippen LogP contribution in [0.1, 0.15) is 16.2 Å². The zero-order chi connectivity index (χ0) is 13.8. The van der Waals surface area contributed by atoms with Gasteiger partial charge in [0.1, 0.15) is 6.33 Å². The van der Waals surface area contributed by atoms with Crippen molar-refractivity contribution in [3.8, 4) is 0 Å². The van der Waals surface area contributed by atoms with Gasteiger partial charge in [-0.15, -0.1) is 0 Å². The number of carbonyl (C=O) groups is 1. The van der Waals surface area contributed by atoms with Gasteiger partial charge in [0.2, 0.25) is 0 Å². The fourth-order valence-corrected chi connectivity index (χ4v) is 1.70. The van der Waals surface area contributed by atoms with Crippen molar-refractivity contribution >= 4 is 17.3 Å². The Morgan fingerprint density at radius 3 is 2.95 bits per heavy atom. The van der Waals surface area contributed by atoms with E-state index in [0.29, 0.717) is 30.2 Å². The van der Waals surface area contributed by atoms with Gasteiger partial charge in [-0.2, -0.15) is 5.10 Å². The van der Waals surface area contributed by atoms with Crippen molar-refractivity contribution in [2.45, 2.75) is 6.42 Å². The maximum atomic E-state index is 11.1. The van der Waals surface area contributed by atoms with Gasteiger partial charge in [-0.3, -0.25) is 4.68 Å². The minimum absolute atomic E-state index is 0.197. The number of hydrogen-bond acceptors (Lipinski definition) is 5. The molecule has 0 bridgehead atoms. The first-order valence-corrected chi connectivity index (χ1v) is 5.77. The molecule has 0 radical (unpaired) electrons. The predicted molar refractivity (Wildman–Crippen MR) is 71.0 cm³/mol. The first-order chi connectivity index (χ1) is 9.06. The van der Waals surface area contributed by atoms with Crippen molar-refractivity contribution < 1.29 is 9.90 Å². The highest BCUT2D eigenvalue weighted by atomic mass is 16.4. The maximum absolute atomic E-state index is 11.1. The first kappa shape index (κ1) is 12.9. The van der Waals surface area contributed by atoms with Gasteiger partial charge in [-0.1, -0.05) is 0 Å². The summed E-state index contributed by atoms with van der Waals surface area (Å²) in [4.78, 5) is 15.2. The topological polar surface area (TPSA) is 106 Å². The Morgan fingerprint density at radius 1 is 1.53 bits per heavy atom. The number of nitrogens with one attached hydrogen (secondary N) is 1. The molecular formula is C12H15N5O2. The van der Waals surface area contributed by atoms with Crippen LogP contribution in [0.5, 0.6) is 0 Å². The summed E-state index contributed by atoms with van der Waals surface area (Å²) in [5.41, 5.74) is 6.87. The second-order valence-corrected chi connectivity index (χ2v) is 4.12. The summed E-state index contributed by atoms with van der Waals surface area (Å²) in [7, 11) is 1.80. The van der Waals surface area contributed by atoms with Crippen LogP contribution in [0.2, 0.25) is 0 Å². The van der Waals surface area contributed by atoms with Gasteiger partial charge in [-0.05, 0) is 18.2 Å². The lowest BCUT2D eigenvalue weighted by Gasteiger charge is -2.09. The summed E-state index contributed by atoms with van der Waals surface area (Å²) in [6, 6.07) is 4.66. The molecule has 7 heteroatoms. The number of nitrogens with two attached hydrogens (primary N) is 1. The van der Waals surface area contributed by atoms with Crippen LogP contribution >= 0.6 is 0 Å². The van der Waals surface area contributed by atoms with Gasteiger partial charge in [0, 0.05) is 25.7 Å². The molecule has 0 spiro atoms. The number of rotatable bonds is 5. The van der Waals surface area contributed by atoms with Gasteiger partial charge in [0.15, 0.2) is 5.82 Å². The van der Waals surface area contributed by atoms with E-state index in [-0.39, 0.29) is 5.56 Å². The van der Waals surface area contributed by atoms with Crippen molar-refractivity contribution in [3.63, 3.8) is 0 Å². The van der Waals surface area contributed by atoms with Crippen LogP contribution in [0.3, 0.4) is 0 Å². The molecule has 2 rings (SSSR count). The first-order valence-electron chi connectivity index (χ1n) is 5.77. The third-order valence-electron chi connectivity index (χ3n) is 2.59. The molecule has 0 aliphatic heterocycles. The summed E-state index contributed by atoms with van der Waals surface area (Å²) < 4.78 is 1.62. The molecule has 2 aromatic rings. The van der Waals surface area contributed by atoms with Crippen molar-refractivity contribution in [2.75, 3.05) is 17.6 Å².